The Hall–Kier alpha value is -0.843. The molecular weight excluding hydrogens is 309 g/mol. The predicted octanol–water partition coefficient (Wildman–Crippen LogP) is 4.52. The SMILES string of the molecule is C=CC1(NC(=O)OCC[Si](C)(C)C)[C@@H]2CC3C[C@H]1CC(F)(C3)C2. The van der Waals surface area contributed by atoms with E-state index in [9.17, 15) is 9.18 Å². The molecule has 4 saturated carbocycles. The number of hydrogen-bond acceptors (Lipinski definition) is 2. The number of rotatable bonds is 5. The number of alkyl carbamates (subject to hydrolysis) is 1. The molecule has 0 heterocycles. The number of alkyl halides is 1. The monoisotopic (exact) mass is 339 g/mol. The first-order valence-corrected chi connectivity index (χ1v) is 12.6. The van der Waals surface area contributed by atoms with Gasteiger partial charge in [0.2, 0.25) is 0 Å². The average molecular weight is 340 g/mol. The van der Waals surface area contributed by atoms with E-state index in [4.69, 9.17) is 4.74 Å². The molecule has 0 aromatic carbocycles. The lowest BCUT2D eigenvalue weighted by Gasteiger charge is -2.62. The highest BCUT2D eigenvalue weighted by atomic mass is 28.3. The van der Waals surface area contributed by atoms with E-state index in [1.54, 1.807) is 0 Å². The molecule has 5 atom stereocenters. The van der Waals surface area contributed by atoms with E-state index in [0.29, 0.717) is 31.8 Å². The molecule has 4 aliphatic rings. The zero-order chi connectivity index (χ0) is 16.9. The Bertz CT molecular complexity index is 486. The molecule has 3 unspecified atom stereocenters. The summed E-state index contributed by atoms with van der Waals surface area (Å²) < 4.78 is 20.3. The number of nitrogens with one attached hydrogen (secondary N) is 1. The van der Waals surface area contributed by atoms with Crippen molar-refractivity contribution in [3.05, 3.63) is 12.7 Å². The van der Waals surface area contributed by atoms with Crippen LogP contribution >= 0.6 is 0 Å². The number of amides is 1. The van der Waals surface area contributed by atoms with Crippen LogP contribution in [0.4, 0.5) is 9.18 Å². The van der Waals surface area contributed by atoms with Crippen LogP contribution in [-0.4, -0.2) is 32.0 Å². The summed E-state index contributed by atoms with van der Waals surface area (Å²) in [5, 5.41) is 3.10. The molecule has 0 radical (unpaired) electrons. The minimum Gasteiger partial charge on any atom is -0.450 e. The van der Waals surface area contributed by atoms with E-state index in [1.165, 1.54) is 0 Å². The van der Waals surface area contributed by atoms with Gasteiger partial charge >= 0.3 is 6.09 Å². The van der Waals surface area contributed by atoms with Gasteiger partial charge in [-0.3, -0.25) is 0 Å². The van der Waals surface area contributed by atoms with Crippen LogP contribution < -0.4 is 5.32 Å². The van der Waals surface area contributed by atoms with Crippen LogP contribution in [0.15, 0.2) is 12.7 Å². The third kappa shape index (κ3) is 3.21. The molecule has 0 aromatic rings. The first kappa shape index (κ1) is 17.0. The summed E-state index contributed by atoms with van der Waals surface area (Å²) in [5.41, 5.74) is -1.48. The van der Waals surface area contributed by atoms with Gasteiger partial charge in [0.15, 0.2) is 0 Å². The Morgan fingerprint density at radius 1 is 1.30 bits per heavy atom. The first-order valence-electron chi connectivity index (χ1n) is 8.93. The molecule has 0 saturated heterocycles. The largest absolute Gasteiger partial charge is 0.450 e. The van der Waals surface area contributed by atoms with Gasteiger partial charge in [-0.25, -0.2) is 9.18 Å². The molecule has 5 heteroatoms. The van der Waals surface area contributed by atoms with Crippen LogP contribution in [-0.2, 0) is 4.74 Å². The molecule has 1 amide bonds. The first-order chi connectivity index (χ1) is 10.7. The molecule has 0 aromatic heterocycles. The summed E-state index contributed by atoms with van der Waals surface area (Å²) >= 11 is 0. The van der Waals surface area contributed by atoms with Crippen LogP contribution in [0, 0.1) is 17.8 Å². The molecule has 3 nitrogen and oxygen atoms in total. The lowest BCUT2D eigenvalue weighted by atomic mass is 9.47. The van der Waals surface area contributed by atoms with Crippen molar-refractivity contribution < 1.29 is 13.9 Å². The van der Waals surface area contributed by atoms with Gasteiger partial charge in [-0.05, 0) is 55.9 Å². The van der Waals surface area contributed by atoms with Crippen LogP contribution in [0.3, 0.4) is 0 Å². The number of carbonyl (C=O) groups is 1. The Labute approximate surface area is 140 Å². The van der Waals surface area contributed by atoms with E-state index in [2.05, 4.69) is 31.5 Å². The Kier molecular flexibility index (Phi) is 4.14. The molecule has 4 bridgehead atoms. The van der Waals surface area contributed by atoms with Crippen LogP contribution in [0.1, 0.15) is 32.1 Å². The van der Waals surface area contributed by atoms with Gasteiger partial charge in [0.25, 0.3) is 0 Å². The lowest BCUT2D eigenvalue weighted by molar-refractivity contribution is -0.115. The quantitative estimate of drug-likeness (QED) is 0.590. The van der Waals surface area contributed by atoms with Crippen molar-refractivity contribution in [3.8, 4) is 0 Å². The Morgan fingerprint density at radius 2 is 1.91 bits per heavy atom. The highest BCUT2D eigenvalue weighted by Gasteiger charge is 2.62. The summed E-state index contributed by atoms with van der Waals surface area (Å²) in [6.45, 7) is 11.2. The smallest absolute Gasteiger partial charge is 0.407 e. The van der Waals surface area contributed by atoms with E-state index >= 15 is 0 Å². The number of ether oxygens (including phenoxy) is 1. The number of hydrogen-bond donors (Lipinski definition) is 1. The van der Waals surface area contributed by atoms with Gasteiger partial charge in [-0.1, -0.05) is 25.7 Å². The molecular formula is C18H30FNO2Si. The van der Waals surface area contributed by atoms with Gasteiger partial charge in [0.05, 0.1) is 12.1 Å². The summed E-state index contributed by atoms with van der Waals surface area (Å²) in [7, 11) is -1.21. The van der Waals surface area contributed by atoms with Crippen molar-refractivity contribution in [2.45, 2.75) is 69.0 Å². The summed E-state index contributed by atoms with van der Waals surface area (Å²) in [5.74, 6) is 0.817. The topological polar surface area (TPSA) is 38.3 Å². The highest BCUT2D eigenvalue weighted by molar-refractivity contribution is 6.76. The van der Waals surface area contributed by atoms with E-state index in [0.717, 1.165) is 18.9 Å². The fourth-order valence-electron chi connectivity index (χ4n) is 5.20. The zero-order valence-corrected chi connectivity index (χ0v) is 15.7. The van der Waals surface area contributed by atoms with Gasteiger partial charge in [-0.2, -0.15) is 0 Å². The molecule has 4 fully saturated rings. The third-order valence-corrected chi connectivity index (χ3v) is 7.91. The minimum absolute atomic E-state index is 0.167. The Morgan fingerprint density at radius 3 is 2.39 bits per heavy atom. The van der Waals surface area contributed by atoms with Crippen molar-refractivity contribution in [2.24, 2.45) is 17.8 Å². The lowest BCUT2D eigenvalue weighted by Crippen LogP contribution is -2.68. The Balaban J connectivity index is 1.65. The van der Waals surface area contributed by atoms with Crippen LogP contribution in [0.25, 0.3) is 0 Å². The fourth-order valence-corrected chi connectivity index (χ4v) is 5.91. The van der Waals surface area contributed by atoms with Crippen molar-refractivity contribution in [3.63, 3.8) is 0 Å². The molecule has 4 rings (SSSR count). The van der Waals surface area contributed by atoms with Crippen molar-refractivity contribution in [1.29, 1.82) is 0 Å². The summed E-state index contributed by atoms with van der Waals surface area (Å²) in [4.78, 5) is 12.3. The average Bonchev–Trinajstić information content (AvgIpc) is 2.39. The maximum Gasteiger partial charge on any atom is 0.407 e. The fraction of sp³-hybridized carbons (Fsp3) is 0.833. The number of halogens is 1. The third-order valence-electron chi connectivity index (χ3n) is 6.21. The van der Waals surface area contributed by atoms with Gasteiger partial charge in [0, 0.05) is 8.07 Å². The maximum atomic E-state index is 14.9. The molecule has 4 aliphatic carbocycles. The van der Waals surface area contributed by atoms with E-state index in [1.807, 2.05) is 6.08 Å². The minimum atomic E-state index is -1.21. The highest BCUT2D eigenvalue weighted by Crippen LogP contribution is 2.61. The normalized spacial score (nSPS) is 41.7. The van der Waals surface area contributed by atoms with Gasteiger partial charge in [-0.15, -0.1) is 6.58 Å². The predicted molar refractivity (Wildman–Crippen MR) is 93.0 cm³/mol. The second-order valence-corrected chi connectivity index (χ2v) is 14.8. The van der Waals surface area contributed by atoms with Crippen molar-refractivity contribution in [1.82, 2.24) is 5.32 Å². The molecule has 23 heavy (non-hydrogen) atoms. The summed E-state index contributed by atoms with van der Waals surface area (Å²) in [6, 6.07) is 0.962. The molecule has 130 valence electrons. The summed E-state index contributed by atoms with van der Waals surface area (Å²) in [6.07, 6.45) is 5.34. The van der Waals surface area contributed by atoms with Crippen LogP contribution in [0.5, 0.6) is 0 Å². The second-order valence-electron chi connectivity index (χ2n) is 9.20. The molecule has 1 N–H and O–H groups in total. The standard InChI is InChI=1S/C18H30FNO2Si/c1-5-18(20-16(21)22-6-7-23(2,3)4)14-8-13-9-15(18)12-17(19,10-13)11-14/h5,13-15H,1,6-12H2,2-4H3,(H,20,21)/t13?,14-,15+,17?,18?. The maximum absolute atomic E-state index is 14.9. The zero-order valence-electron chi connectivity index (χ0n) is 14.7. The number of carbonyl (C=O) groups excluding carboxylic acids is 1. The van der Waals surface area contributed by atoms with Gasteiger partial charge < -0.3 is 10.1 Å². The van der Waals surface area contributed by atoms with Gasteiger partial charge in [0.1, 0.15) is 5.67 Å². The van der Waals surface area contributed by atoms with Crippen molar-refractivity contribution >= 4 is 14.2 Å². The second kappa shape index (κ2) is 5.61. The van der Waals surface area contributed by atoms with Crippen molar-refractivity contribution in [2.75, 3.05) is 6.61 Å². The molecule has 0 spiro atoms. The van der Waals surface area contributed by atoms with E-state index in [-0.39, 0.29) is 17.9 Å². The van der Waals surface area contributed by atoms with Crippen LogP contribution in [0.2, 0.25) is 25.7 Å². The van der Waals surface area contributed by atoms with E-state index < -0.39 is 19.3 Å². The molecule has 0 aliphatic heterocycles.